The summed E-state index contributed by atoms with van der Waals surface area (Å²) in [6.07, 6.45) is 0. The van der Waals surface area contributed by atoms with E-state index >= 15 is 0 Å². The van der Waals surface area contributed by atoms with Crippen LogP contribution in [-0.4, -0.2) is 18.2 Å². The summed E-state index contributed by atoms with van der Waals surface area (Å²) in [6, 6.07) is 7.43. The third kappa shape index (κ3) is 1.44. The monoisotopic (exact) mass is 192 g/mol. The molecule has 0 aliphatic carbocycles. The number of nitrogens with one attached hydrogen (secondary N) is 1. The lowest BCUT2D eigenvalue weighted by molar-refractivity contribution is 0.500. The summed E-state index contributed by atoms with van der Waals surface area (Å²) in [5, 5.41) is 3.00. The predicted molar refractivity (Wildman–Crippen MR) is 54.4 cm³/mol. The van der Waals surface area contributed by atoms with Crippen LogP contribution in [0.3, 0.4) is 0 Å². The minimum atomic E-state index is -0.290. The molecule has 1 aromatic carbocycles. The van der Waals surface area contributed by atoms with Crippen LogP contribution in [0.4, 0.5) is 0 Å². The molecule has 14 heavy (non-hydrogen) atoms. The van der Waals surface area contributed by atoms with E-state index in [1.807, 2.05) is 25.2 Å². The molecule has 1 aromatic heterocycles. The molecule has 0 unspecified atom stereocenters. The number of hydrogen-bond donors (Lipinski definition) is 1. The number of likely N-dealkylation sites (N-methyl/N-ethyl adjacent to an activating group) is 1. The lowest BCUT2D eigenvalue weighted by Gasteiger charge is -1.99. The summed E-state index contributed by atoms with van der Waals surface area (Å²) in [4.78, 5) is 11.4. The highest BCUT2D eigenvalue weighted by Gasteiger charge is 2.06. The minimum absolute atomic E-state index is 0.290. The van der Waals surface area contributed by atoms with Gasteiger partial charge in [0.25, 0.3) is 0 Å². The first kappa shape index (κ1) is 9.02. The Morgan fingerprint density at radius 3 is 3.00 bits per heavy atom. The maximum atomic E-state index is 11.4. The fourth-order valence-corrected chi connectivity index (χ4v) is 1.45. The van der Waals surface area contributed by atoms with Gasteiger partial charge in [-0.3, -0.25) is 4.57 Å². The van der Waals surface area contributed by atoms with E-state index in [0.717, 1.165) is 12.1 Å². The highest BCUT2D eigenvalue weighted by molar-refractivity contribution is 5.72. The highest BCUT2D eigenvalue weighted by Crippen LogP contribution is 2.10. The van der Waals surface area contributed by atoms with Crippen molar-refractivity contribution in [2.45, 2.75) is 6.54 Å². The standard InChI is InChI=1S/C10H12N2O2/c1-11-6-7-12-8-4-2-3-5-9(8)14-10(12)13/h2-5,11H,6-7H2,1H3. The van der Waals surface area contributed by atoms with Gasteiger partial charge in [0, 0.05) is 13.1 Å². The average Bonchev–Trinajstić information content (AvgIpc) is 2.51. The van der Waals surface area contributed by atoms with E-state index in [4.69, 9.17) is 4.42 Å². The topological polar surface area (TPSA) is 47.2 Å². The molecule has 0 saturated heterocycles. The highest BCUT2D eigenvalue weighted by atomic mass is 16.4. The Morgan fingerprint density at radius 1 is 1.43 bits per heavy atom. The van der Waals surface area contributed by atoms with Crippen molar-refractivity contribution in [1.82, 2.24) is 9.88 Å². The number of benzene rings is 1. The lowest BCUT2D eigenvalue weighted by Crippen LogP contribution is -2.21. The van der Waals surface area contributed by atoms with Crippen molar-refractivity contribution in [2.24, 2.45) is 0 Å². The molecule has 0 radical (unpaired) electrons. The summed E-state index contributed by atoms with van der Waals surface area (Å²) >= 11 is 0. The van der Waals surface area contributed by atoms with E-state index in [2.05, 4.69) is 5.32 Å². The minimum Gasteiger partial charge on any atom is -0.408 e. The second kappa shape index (κ2) is 3.67. The molecule has 74 valence electrons. The van der Waals surface area contributed by atoms with Gasteiger partial charge in [0.05, 0.1) is 5.52 Å². The van der Waals surface area contributed by atoms with Crippen LogP contribution in [-0.2, 0) is 6.54 Å². The molecular weight excluding hydrogens is 180 g/mol. The maximum absolute atomic E-state index is 11.4. The second-order valence-electron chi connectivity index (χ2n) is 3.09. The first-order valence-electron chi connectivity index (χ1n) is 4.56. The number of fused-ring (bicyclic) bond motifs is 1. The Balaban J connectivity index is 2.51. The van der Waals surface area contributed by atoms with Gasteiger partial charge >= 0.3 is 5.76 Å². The number of nitrogens with zero attached hydrogens (tertiary/aromatic N) is 1. The number of hydrogen-bond acceptors (Lipinski definition) is 3. The number of rotatable bonds is 3. The fourth-order valence-electron chi connectivity index (χ4n) is 1.45. The van der Waals surface area contributed by atoms with Crippen molar-refractivity contribution < 1.29 is 4.42 Å². The van der Waals surface area contributed by atoms with Crippen LogP contribution in [0.1, 0.15) is 0 Å². The summed E-state index contributed by atoms with van der Waals surface area (Å²) in [6.45, 7) is 1.38. The van der Waals surface area contributed by atoms with Crippen LogP contribution in [0, 0.1) is 0 Å². The van der Waals surface area contributed by atoms with Gasteiger partial charge in [-0.2, -0.15) is 0 Å². The van der Waals surface area contributed by atoms with E-state index in [0.29, 0.717) is 12.1 Å². The fraction of sp³-hybridized carbons (Fsp3) is 0.300. The summed E-state index contributed by atoms with van der Waals surface area (Å²) < 4.78 is 6.71. The smallest absolute Gasteiger partial charge is 0.408 e. The summed E-state index contributed by atoms with van der Waals surface area (Å²) in [7, 11) is 1.85. The molecule has 0 amide bonds. The Bertz CT molecular complexity index is 484. The van der Waals surface area contributed by atoms with Crippen molar-refractivity contribution in [3.63, 3.8) is 0 Å². The average molecular weight is 192 g/mol. The molecule has 0 spiro atoms. The lowest BCUT2D eigenvalue weighted by atomic mass is 10.3. The van der Waals surface area contributed by atoms with Gasteiger partial charge in [0.2, 0.25) is 0 Å². The van der Waals surface area contributed by atoms with Crippen molar-refractivity contribution >= 4 is 11.1 Å². The molecule has 0 bridgehead atoms. The third-order valence-corrected chi connectivity index (χ3v) is 2.16. The van der Waals surface area contributed by atoms with Gasteiger partial charge in [-0.1, -0.05) is 12.1 Å². The van der Waals surface area contributed by atoms with E-state index in [1.54, 1.807) is 10.6 Å². The Kier molecular flexibility index (Phi) is 2.37. The summed E-state index contributed by atoms with van der Waals surface area (Å²) in [5.74, 6) is -0.290. The van der Waals surface area contributed by atoms with Crippen molar-refractivity contribution in [3.8, 4) is 0 Å². The SMILES string of the molecule is CNCCn1c(=O)oc2ccccc21. The molecule has 0 fully saturated rings. The molecule has 1 N–H and O–H groups in total. The number of para-hydroxylation sites is 2. The molecule has 1 heterocycles. The third-order valence-electron chi connectivity index (χ3n) is 2.16. The van der Waals surface area contributed by atoms with Crippen LogP contribution in [0.5, 0.6) is 0 Å². The molecule has 4 heteroatoms. The first-order chi connectivity index (χ1) is 6.83. The van der Waals surface area contributed by atoms with Crippen molar-refractivity contribution in [2.75, 3.05) is 13.6 Å². The normalized spacial score (nSPS) is 10.9. The summed E-state index contributed by atoms with van der Waals surface area (Å²) in [5.41, 5.74) is 1.50. The van der Waals surface area contributed by atoms with Crippen LogP contribution in [0.15, 0.2) is 33.5 Å². The van der Waals surface area contributed by atoms with E-state index < -0.39 is 0 Å². The number of oxazole rings is 1. The van der Waals surface area contributed by atoms with Gasteiger partial charge in [-0.25, -0.2) is 4.79 Å². The Labute approximate surface area is 81.1 Å². The molecule has 0 saturated carbocycles. The molecule has 0 atom stereocenters. The molecule has 4 nitrogen and oxygen atoms in total. The van der Waals surface area contributed by atoms with Gasteiger partial charge in [-0.05, 0) is 19.2 Å². The zero-order chi connectivity index (χ0) is 9.97. The molecule has 2 aromatic rings. The quantitative estimate of drug-likeness (QED) is 0.783. The molecular formula is C10H12N2O2. The molecule has 0 aliphatic heterocycles. The largest absolute Gasteiger partial charge is 0.419 e. The predicted octanol–water partition coefficient (Wildman–Crippen LogP) is 0.814. The van der Waals surface area contributed by atoms with Crippen LogP contribution in [0.25, 0.3) is 11.1 Å². The van der Waals surface area contributed by atoms with Crippen LogP contribution < -0.4 is 11.1 Å². The maximum Gasteiger partial charge on any atom is 0.419 e. The van der Waals surface area contributed by atoms with Gasteiger partial charge in [0.1, 0.15) is 0 Å². The molecule has 2 rings (SSSR count). The van der Waals surface area contributed by atoms with Crippen LogP contribution in [0.2, 0.25) is 0 Å². The van der Waals surface area contributed by atoms with Gasteiger partial charge in [-0.15, -0.1) is 0 Å². The van der Waals surface area contributed by atoms with Gasteiger partial charge in [0.15, 0.2) is 5.58 Å². The Morgan fingerprint density at radius 2 is 2.21 bits per heavy atom. The second-order valence-corrected chi connectivity index (χ2v) is 3.09. The van der Waals surface area contributed by atoms with Crippen molar-refractivity contribution in [3.05, 3.63) is 34.8 Å². The van der Waals surface area contributed by atoms with E-state index in [-0.39, 0.29) is 5.76 Å². The zero-order valence-corrected chi connectivity index (χ0v) is 7.99. The van der Waals surface area contributed by atoms with Gasteiger partial charge < -0.3 is 9.73 Å². The van der Waals surface area contributed by atoms with Crippen molar-refractivity contribution in [1.29, 1.82) is 0 Å². The van der Waals surface area contributed by atoms with E-state index in [1.165, 1.54) is 0 Å². The molecule has 0 aliphatic rings. The first-order valence-corrected chi connectivity index (χ1v) is 4.56. The number of aromatic nitrogens is 1. The van der Waals surface area contributed by atoms with E-state index in [9.17, 15) is 4.79 Å². The zero-order valence-electron chi connectivity index (χ0n) is 7.99. The Hall–Kier alpha value is -1.55. The van der Waals surface area contributed by atoms with Crippen LogP contribution >= 0.6 is 0 Å².